The Labute approximate surface area is 173 Å². The number of halogens is 1. The van der Waals surface area contributed by atoms with E-state index in [1.165, 1.54) is 0 Å². The largest absolute Gasteiger partial charge is 0.497 e. The predicted molar refractivity (Wildman–Crippen MR) is 108 cm³/mol. The smallest absolute Gasteiger partial charge is 0.408 e. The van der Waals surface area contributed by atoms with E-state index in [9.17, 15) is 4.79 Å². The van der Waals surface area contributed by atoms with E-state index < -0.39 is 17.7 Å². The van der Waals surface area contributed by atoms with Gasteiger partial charge in [0, 0.05) is 6.20 Å². The minimum Gasteiger partial charge on any atom is -0.497 e. The second-order valence-corrected chi connectivity index (χ2v) is 7.79. The molecule has 8 nitrogen and oxygen atoms in total. The molecule has 0 aliphatic heterocycles. The first-order valence-corrected chi connectivity index (χ1v) is 9.40. The summed E-state index contributed by atoms with van der Waals surface area (Å²) in [5, 5.41) is 7.55. The van der Waals surface area contributed by atoms with Crippen molar-refractivity contribution in [1.82, 2.24) is 14.9 Å². The Morgan fingerprint density at radius 2 is 1.97 bits per heavy atom. The first kappa shape index (κ1) is 20.7. The summed E-state index contributed by atoms with van der Waals surface area (Å²) in [5.41, 5.74) is 0.837. The fraction of sp³-hybridized carbons (Fsp3) is 0.350. The van der Waals surface area contributed by atoms with Crippen molar-refractivity contribution < 1.29 is 18.7 Å². The second kappa shape index (κ2) is 8.16. The minimum atomic E-state index is -0.610. The molecule has 0 aliphatic carbocycles. The summed E-state index contributed by atoms with van der Waals surface area (Å²) >= 11 is 6.29. The van der Waals surface area contributed by atoms with Gasteiger partial charge < -0.3 is 19.2 Å². The van der Waals surface area contributed by atoms with Gasteiger partial charge in [-0.2, -0.15) is 0 Å². The number of nitrogens with zero attached hydrogens (tertiary/aromatic N) is 3. The van der Waals surface area contributed by atoms with Crippen LogP contribution in [0.5, 0.6) is 5.75 Å². The van der Waals surface area contributed by atoms with E-state index in [2.05, 4.69) is 15.4 Å². The SMILES string of the molecule is COc1ccc(N=c2oc(C(C)NC(=O)OC(C)(C)C)nn3ccc(Cl)c23)cc1. The van der Waals surface area contributed by atoms with Gasteiger partial charge in [-0.25, -0.2) is 14.3 Å². The summed E-state index contributed by atoms with van der Waals surface area (Å²) in [6.07, 6.45) is 1.13. The van der Waals surface area contributed by atoms with Crippen LogP contribution in [-0.2, 0) is 4.74 Å². The maximum absolute atomic E-state index is 12.1. The molecule has 0 saturated carbocycles. The number of carbonyl (C=O) groups is 1. The summed E-state index contributed by atoms with van der Waals surface area (Å²) in [6, 6.07) is 8.33. The highest BCUT2D eigenvalue weighted by molar-refractivity contribution is 6.33. The summed E-state index contributed by atoms with van der Waals surface area (Å²) in [5.74, 6) is 0.972. The predicted octanol–water partition coefficient (Wildman–Crippen LogP) is 4.41. The minimum absolute atomic E-state index is 0.253. The van der Waals surface area contributed by atoms with E-state index >= 15 is 0 Å². The Morgan fingerprint density at radius 3 is 2.59 bits per heavy atom. The molecule has 0 bridgehead atoms. The zero-order chi connectivity index (χ0) is 21.2. The van der Waals surface area contributed by atoms with Crippen molar-refractivity contribution in [3.63, 3.8) is 0 Å². The van der Waals surface area contributed by atoms with E-state index in [1.54, 1.807) is 75.8 Å². The molecule has 0 spiro atoms. The first-order chi connectivity index (χ1) is 13.7. The van der Waals surface area contributed by atoms with Crippen LogP contribution >= 0.6 is 11.6 Å². The third-order valence-electron chi connectivity index (χ3n) is 3.83. The maximum Gasteiger partial charge on any atom is 0.408 e. The van der Waals surface area contributed by atoms with Crippen molar-refractivity contribution in [2.75, 3.05) is 7.11 Å². The Bertz CT molecular complexity index is 1080. The Hall–Kier alpha value is -3.00. The number of aromatic nitrogens is 2. The number of benzene rings is 1. The molecule has 1 atom stereocenters. The average Bonchev–Trinajstić information content (AvgIpc) is 3.02. The van der Waals surface area contributed by atoms with E-state index in [-0.39, 0.29) is 11.4 Å². The van der Waals surface area contributed by atoms with Crippen LogP contribution < -0.4 is 15.6 Å². The van der Waals surface area contributed by atoms with E-state index in [0.717, 1.165) is 5.75 Å². The molecule has 0 radical (unpaired) electrons. The molecule has 29 heavy (non-hydrogen) atoms. The van der Waals surface area contributed by atoms with Crippen molar-refractivity contribution in [2.45, 2.75) is 39.3 Å². The molecule has 2 heterocycles. The molecule has 3 rings (SSSR count). The van der Waals surface area contributed by atoms with Crippen molar-refractivity contribution >= 4 is 28.9 Å². The zero-order valence-corrected chi connectivity index (χ0v) is 17.6. The zero-order valence-electron chi connectivity index (χ0n) is 16.9. The molecular formula is C20H23ClN4O4. The normalized spacial score (nSPS) is 13.4. The molecule has 1 amide bonds. The van der Waals surface area contributed by atoms with Crippen LogP contribution in [0.15, 0.2) is 45.9 Å². The van der Waals surface area contributed by atoms with Gasteiger partial charge in [-0.05, 0) is 58.0 Å². The highest BCUT2D eigenvalue weighted by Gasteiger charge is 2.21. The number of rotatable bonds is 4. The van der Waals surface area contributed by atoms with Crippen molar-refractivity contribution in [2.24, 2.45) is 4.99 Å². The van der Waals surface area contributed by atoms with E-state index in [1.807, 2.05) is 0 Å². The molecule has 0 saturated heterocycles. The Morgan fingerprint density at radius 1 is 1.28 bits per heavy atom. The molecule has 3 aromatic rings. The second-order valence-electron chi connectivity index (χ2n) is 7.38. The lowest BCUT2D eigenvalue weighted by Crippen LogP contribution is -2.34. The van der Waals surface area contributed by atoms with Crippen molar-refractivity contribution in [3.8, 4) is 5.75 Å². The van der Waals surface area contributed by atoms with Gasteiger partial charge in [0.05, 0.1) is 17.8 Å². The number of fused-ring (bicyclic) bond motifs is 1. The Kier molecular flexibility index (Phi) is 5.83. The molecule has 1 unspecified atom stereocenters. The highest BCUT2D eigenvalue weighted by Crippen LogP contribution is 2.20. The molecule has 1 N–H and O–H groups in total. The molecular weight excluding hydrogens is 396 g/mol. The number of hydrogen-bond donors (Lipinski definition) is 1. The lowest BCUT2D eigenvalue weighted by atomic mass is 10.2. The number of hydrogen-bond acceptors (Lipinski definition) is 6. The summed E-state index contributed by atoms with van der Waals surface area (Å²) < 4.78 is 17.9. The Balaban J connectivity index is 2.00. The fourth-order valence-electron chi connectivity index (χ4n) is 2.53. The molecule has 0 aliphatic rings. The molecule has 9 heteroatoms. The summed E-state index contributed by atoms with van der Waals surface area (Å²) in [7, 11) is 1.60. The van der Waals surface area contributed by atoms with Crippen molar-refractivity contribution in [1.29, 1.82) is 0 Å². The van der Waals surface area contributed by atoms with Crippen LogP contribution in [-0.4, -0.2) is 28.4 Å². The molecule has 1 aromatic carbocycles. The van der Waals surface area contributed by atoms with Crippen LogP contribution in [0.25, 0.3) is 5.52 Å². The third-order valence-corrected chi connectivity index (χ3v) is 4.14. The van der Waals surface area contributed by atoms with Gasteiger partial charge in [-0.3, -0.25) is 0 Å². The topological polar surface area (TPSA) is 90.4 Å². The van der Waals surface area contributed by atoms with Gasteiger partial charge in [0.25, 0.3) is 0 Å². The molecule has 154 valence electrons. The van der Waals surface area contributed by atoms with E-state index in [0.29, 0.717) is 16.2 Å². The number of methoxy groups -OCH3 is 1. The van der Waals surface area contributed by atoms with Gasteiger partial charge in [0.15, 0.2) is 0 Å². The standard InChI is InChI=1S/C20H23ClN4O4/c1-12(22-19(26)29-20(2,3)4)17-24-25-11-10-15(21)16(25)18(28-17)23-13-6-8-14(27-5)9-7-13/h6-12H,1-5H3,(H,22,26). The lowest BCUT2D eigenvalue weighted by molar-refractivity contribution is 0.0499. The van der Waals surface area contributed by atoms with Gasteiger partial charge in [-0.15, -0.1) is 5.10 Å². The fourth-order valence-corrected chi connectivity index (χ4v) is 2.75. The quantitative estimate of drug-likeness (QED) is 0.677. The van der Waals surface area contributed by atoms with Gasteiger partial charge >= 0.3 is 6.09 Å². The maximum atomic E-state index is 12.1. The van der Waals surface area contributed by atoms with Crippen LogP contribution in [0.4, 0.5) is 10.5 Å². The monoisotopic (exact) mass is 418 g/mol. The van der Waals surface area contributed by atoms with Crippen LogP contribution in [0.2, 0.25) is 5.02 Å². The van der Waals surface area contributed by atoms with E-state index in [4.69, 9.17) is 25.5 Å². The van der Waals surface area contributed by atoms with Crippen LogP contribution in [0.3, 0.4) is 0 Å². The molecule has 0 fully saturated rings. The number of carbonyl (C=O) groups excluding carboxylic acids is 1. The van der Waals surface area contributed by atoms with Gasteiger partial charge in [0.1, 0.15) is 22.9 Å². The summed E-state index contributed by atoms with van der Waals surface area (Å²) in [4.78, 5) is 16.6. The number of alkyl carbamates (subject to hydrolysis) is 1. The number of ether oxygens (including phenoxy) is 2. The van der Waals surface area contributed by atoms with Gasteiger partial charge in [0.2, 0.25) is 11.4 Å². The van der Waals surface area contributed by atoms with Crippen molar-refractivity contribution in [3.05, 3.63) is 53.0 Å². The van der Waals surface area contributed by atoms with Gasteiger partial charge in [-0.1, -0.05) is 11.6 Å². The molecule has 2 aromatic heterocycles. The number of nitrogens with one attached hydrogen (secondary N) is 1. The number of amides is 1. The average molecular weight is 419 g/mol. The highest BCUT2D eigenvalue weighted by atomic mass is 35.5. The first-order valence-electron chi connectivity index (χ1n) is 9.02. The summed E-state index contributed by atoms with van der Waals surface area (Å²) in [6.45, 7) is 7.11. The third kappa shape index (κ3) is 5.08. The van der Waals surface area contributed by atoms with Crippen LogP contribution in [0.1, 0.15) is 39.6 Å². The van der Waals surface area contributed by atoms with Crippen LogP contribution in [0, 0.1) is 0 Å². The lowest BCUT2D eigenvalue weighted by Gasteiger charge is -2.21.